The summed E-state index contributed by atoms with van der Waals surface area (Å²) in [6.07, 6.45) is 2.74. The van der Waals surface area contributed by atoms with Crippen LogP contribution < -0.4 is 11.1 Å². The molecule has 0 aromatic heterocycles. The lowest BCUT2D eigenvalue weighted by atomic mass is 10.1. The Hall–Kier alpha value is -1.06. The van der Waals surface area contributed by atoms with Crippen LogP contribution in [-0.4, -0.2) is 19.3 Å². The second kappa shape index (κ2) is 5.32. The lowest BCUT2D eigenvalue weighted by molar-refractivity contribution is 0.108. The molecule has 0 spiro atoms. The maximum absolute atomic E-state index is 5.93. The summed E-state index contributed by atoms with van der Waals surface area (Å²) >= 11 is 0. The molecule has 88 valence electrons. The normalized spacial score (nSPS) is 22.2. The molecule has 1 saturated heterocycles. The van der Waals surface area contributed by atoms with E-state index in [1.54, 1.807) is 0 Å². The van der Waals surface area contributed by atoms with Gasteiger partial charge in [0.2, 0.25) is 0 Å². The molecule has 0 unspecified atom stereocenters. The van der Waals surface area contributed by atoms with E-state index in [0.717, 1.165) is 18.8 Å². The van der Waals surface area contributed by atoms with E-state index in [4.69, 9.17) is 10.5 Å². The smallest absolute Gasteiger partial charge is 0.0700 e. The van der Waals surface area contributed by atoms with Gasteiger partial charge in [0.05, 0.1) is 6.10 Å². The zero-order valence-corrected chi connectivity index (χ0v) is 9.78. The number of hydrogen-bond acceptors (Lipinski definition) is 3. The molecule has 1 aliphatic rings. The molecule has 1 fully saturated rings. The Morgan fingerprint density at radius 1 is 1.50 bits per heavy atom. The Bertz CT molecular complexity index is 334. The van der Waals surface area contributed by atoms with Crippen molar-refractivity contribution in [2.45, 2.75) is 31.9 Å². The Kier molecular flexibility index (Phi) is 3.80. The van der Waals surface area contributed by atoms with Gasteiger partial charge < -0.3 is 15.8 Å². The zero-order chi connectivity index (χ0) is 11.4. The van der Waals surface area contributed by atoms with Gasteiger partial charge in [0, 0.05) is 24.9 Å². The van der Waals surface area contributed by atoms with E-state index in [0.29, 0.717) is 6.10 Å². The van der Waals surface area contributed by atoms with Gasteiger partial charge in [-0.1, -0.05) is 18.2 Å². The van der Waals surface area contributed by atoms with E-state index in [1.165, 1.54) is 18.4 Å². The topological polar surface area (TPSA) is 47.3 Å². The highest BCUT2D eigenvalue weighted by atomic mass is 16.5. The highest BCUT2D eigenvalue weighted by Gasteiger charge is 2.16. The van der Waals surface area contributed by atoms with Crippen molar-refractivity contribution in [2.24, 2.45) is 0 Å². The minimum Gasteiger partial charge on any atom is -0.398 e. The van der Waals surface area contributed by atoms with Gasteiger partial charge in [0.1, 0.15) is 0 Å². The van der Waals surface area contributed by atoms with Gasteiger partial charge in [-0.15, -0.1) is 0 Å². The van der Waals surface area contributed by atoms with Crippen LogP contribution in [0, 0.1) is 0 Å². The summed E-state index contributed by atoms with van der Waals surface area (Å²) in [4.78, 5) is 0. The molecule has 1 aromatic carbocycles. The first-order valence-corrected chi connectivity index (χ1v) is 5.97. The van der Waals surface area contributed by atoms with E-state index in [1.807, 2.05) is 18.2 Å². The molecule has 1 aromatic rings. The van der Waals surface area contributed by atoms with Crippen molar-refractivity contribution in [2.75, 3.05) is 18.9 Å². The molecular formula is C13H20N2O. The lowest BCUT2D eigenvalue weighted by Crippen LogP contribution is -2.29. The molecule has 2 atom stereocenters. The summed E-state index contributed by atoms with van der Waals surface area (Å²) in [5, 5.41) is 3.48. The van der Waals surface area contributed by atoms with Gasteiger partial charge in [-0.05, 0) is 31.4 Å². The number of nitrogen functional groups attached to an aromatic ring is 1. The number of hydrogen-bond donors (Lipinski definition) is 2. The summed E-state index contributed by atoms with van der Waals surface area (Å²) in [7, 11) is 0. The van der Waals surface area contributed by atoms with Crippen LogP contribution in [0.3, 0.4) is 0 Å². The monoisotopic (exact) mass is 220 g/mol. The van der Waals surface area contributed by atoms with Gasteiger partial charge in [-0.25, -0.2) is 0 Å². The van der Waals surface area contributed by atoms with Crippen LogP contribution in [0.1, 0.15) is 31.4 Å². The summed E-state index contributed by atoms with van der Waals surface area (Å²) < 4.78 is 5.58. The molecule has 0 saturated carbocycles. The Morgan fingerprint density at radius 3 is 3.00 bits per heavy atom. The molecule has 3 nitrogen and oxygen atoms in total. The minimum absolute atomic E-state index is 0.283. The summed E-state index contributed by atoms with van der Waals surface area (Å²) in [6, 6.07) is 8.29. The van der Waals surface area contributed by atoms with Gasteiger partial charge >= 0.3 is 0 Å². The number of benzene rings is 1. The lowest BCUT2D eigenvalue weighted by Gasteiger charge is -2.18. The SMILES string of the molecule is C[C@@H](NC[C@H]1CCCO1)c1ccccc1N. The second-order valence-electron chi connectivity index (χ2n) is 4.39. The third-order valence-corrected chi connectivity index (χ3v) is 3.14. The van der Waals surface area contributed by atoms with E-state index < -0.39 is 0 Å². The molecule has 0 amide bonds. The van der Waals surface area contributed by atoms with Crippen LogP contribution in [0.25, 0.3) is 0 Å². The average Bonchev–Trinajstić information content (AvgIpc) is 2.79. The van der Waals surface area contributed by atoms with Crippen LogP contribution >= 0.6 is 0 Å². The molecule has 1 aliphatic heterocycles. The van der Waals surface area contributed by atoms with Crippen LogP contribution in [0.5, 0.6) is 0 Å². The third-order valence-electron chi connectivity index (χ3n) is 3.14. The fourth-order valence-corrected chi connectivity index (χ4v) is 2.13. The van der Waals surface area contributed by atoms with Crippen LogP contribution in [0.2, 0.25) is 0 Å². The predicted molar refractivity (Wildman–Crippen MR) is 66.2 cm³/mol. The zero-order valence-electron chi connectivity index (χ0n) is 9.78. The summed E-state index contributed by atoms with van der Waals surface area (Å²) in [5.74, 6) is 0. The van der Waals surface area contributed by atoms with Crippen molar-refractivity contribution < 1.29 is 4.74 Å². The Labute approximate surface area is 97.0 Å². The molecule has 2 rings (SSSR count). The van der Waals surface area contributed by atoms with Crippen molar-refractivity contribution >= 4 is 5.69 Å². The number of anilines is 1. The average molecular weight is 220 g/mol. The Balaban J connectivity index is 1.87. The van der Waals surface area contributed by atoms with Gasteiger partial charge in [-0.2, -0.15) is 0 Å². The van der Waals surface area contributed by atoms with E-state index >= 15 is 0 Å². The molecule has 0 bridgehead atoms. The molecule has 3 heteroatoms. The maximum Gasteiger partial charge on any atom is 0.0700 e. The van der Waals surface area contributed by atoms with Crippen LogP contribution in [0.15, 0.2) is 24.3 Å². The first-order chi connectivity index (χ1) is 7.77. The molecule has 1 heterocycles. The number of para-hydroxylation sites is 1. The fourth-order valence-electron chi connectivity index (χ4n) is 2.13. The standard InChI is InChI=1S/C13H20N2O/c1-10(12-6-2-3-7-13(12)14)15-9-11-5-4-8-16-11/h2-3,6-7,10-11,15H,4-5,8-9,14H2,1H3/t10-,11-/m1/s1. The van der Waals surface area contributed by atoms with Gasteiger partial charge in [-0.3, -0.25) is 0 Å². The number of rotatable bonds is 4. The van der Waals surface area contributed by atoms with Gasteiger partial charge in [0.25, 0.3) is 0 Å². The fraction of sp³-hybridized carbons (Fsp3) is 0.538. The Morgan fingerprint density at radius 2 is 2.31 bits per heavy atom. The van der Waals surface area contributed by atoms with E-state index in [2.05, 4.69) is 18.3 Å². The minimum atomic E-state index is 0.283. The molecule has 0 radical (unpaired) electrons. The van der Waals surface area contributed by atoms with Crippen molar-refractivity contribution in [3.8, 4) is 0 Å². The van der Waals surface area contributed by atoms with Crippen LogP contribution in [-0.2, 0) is 4.74 Å². The second-order valence-corrected chi connectivity index (χ2v) is 4.39. The van der Waals surface area contributed by atoms with Crippen molar-refractivity contribution in [3.63, 3.8) is 0 Å². The third kappa shape index (κ3) is 2.74. The van der Waals surface area contributed by atoms with Crippen molar-refractivity contribution in [1.82, 2.24) is 5.32 Å². The first-order valence-electron chi connectivity index (χ1n) is 5.97. The first kappa shape index (κ1) is 11.4. The van der Waals surface area contributed by atoms with E-state index in [-0.39, 0.29) is 6.04 Å². The largest absolute Gasteiger partial charge is 0.398 e. The van der Waals surface area contributed by atoms with Crippen molar-refractivity contribution in [3.05, 3.63) is 29.8 Å². The summed E-state index contributed by atoms with van der Waals surface area (Å²) in [6.45, 7) is 3.96. The highest BCUT2D eigenvalue weighted by molar-refractivity contribution is 5.47. The number of nitrogens with one attached hydrogen (secondary N) is 1. The molecule has 0 aliphatic carbocycles. The molecule has 3 N–H and O–H groups in total. The van der Waals surface area contributed by atoms with Crippen molar-refractivity contribution in [1.29, 1.82) is 0 Å². The summed E-state index contributed by atoms with van der Waals surface area (Å²) in [5.41, 5.74) is 7.96. The predicted octanol–water partition coefficient (Wildman–Crippen LogP) is 2.10. The molecule has 16 heavy (non-hydrogen) atoms. The number of ether oxygens (including phenoxy) is 1. The van der Waals surface area contributed by atoms with Gasteiger partial charge in [0.15, 0.2) is 0 Å². The maximum atomic E-state index is 5.93. The van der Waals surface area contributed by atoms with E-state index in [9.17, 15) is 0 Å². The number of nitrogens with two attached hydrogens (primary N) is 1. The van der Waals surface area contributed by atoms with Crippen LogP contribution in [0.4, 0.5) is 5.69 Å². The quantitative estimate of drug-likeness (QED) is 0.764. The highest BCUT2D eigenvalue weighted by Crippen LogP contribution is 2.20. The molecular weight excluding hydrogens is 200 g/mol.